The molecule has 0 radical (unpaired) electrons. The van der Waals surface area contributed by atoms with E-state index in [0.29, 0.717) is 24.5 Å². The van der Waals surface area contributed by atoms with E-state index in [9.17, 15) is 8.42 Å². The Morgan fingerprint density at radius 1 is 1.22 bits per heavy atom. The number of nitrogens with one attached hydrogen (secondary N) is 1. The average molecular weight is 336 g/mol. The van der Waals surface area contributed by atoms with Gasteiger partial charge in [-0.25, -0.2) is 8.42 Å². The van der Waals surface area contributed by atoms with Crippen LogP contribution in [0.4, 0.5) is 0 Å². The lowest BCUT2D eigenvalue weighted by molar-refractivity contribution is 0.199. The SMILES string of the molecule is COCCNCCCS(=O)(=O)c1ccc(Br)cc1. The van der Waals surface area contributed by atoms with Crippen LogP contribution in [-0.2, 0) is 14.6 Å². The molecule has 0 fully saturated rings. The standard InChI is InChI=1S/C12H18BrNO3S/c1-17-9-8-14-7-2-10-18(15,16)12-5-3-11(13)4-6-12/h3-6,14H,2,7-10H2,1H3. The van der Waals surface area contributed by atoms with Gasteiger partial charge in [-0.05, 0) is 37.2 Å². The molecule has 0 aliphatic heterocycles. The number of sulfone groups is 1. The van der Waals surface area contributed by atoms with Gasteiger partial charge in [-0.15, -0.1) is 0 Å². The highest BCUT2D eigenvalue weighted by molar-refractivity contribution is 9.10. The lowest BCUT2D eigenvalue weighted by Crippen LogP contribution is -2.22. The van der Waals surface area contributed by atoms with E-state index in [2.05, 4.69) is 21.2 Å². The number of ether oxygens (including phenoxy) is 1. The first kappa shape index (κ1) is 15.6. The molecule has 0 bridgehead atoms. The van der Waals surface area contributed by atoms with Crippen LogP contribution in [0.5, 0.6) is 0 Å². The summed E-state index contributed by atoms with van der Waals surface area (Å²) in [6.45, 7) is 2.06. The van der Waals surface area contributed by atoms with Gasteiger partial charge in [0.2, 0.25) is 0 Å². The highest BCUT2D eigenvalue weighted by atomic mass is 79.9. The number of hydrogen-bond donors (Lipinski definition) is 1. The molecule has 0 saturated carbocycles. The molecule has 0 aliphatic rings. The highest BCUT2D eigenvalue weighted by Crippen LogP contribution is 2.16. The monoisotopic (exact) mass is 335 g/mol. The highest BCUT2D eigenvalue weighted by Gasteiger charge is 2.13. The first-order valence-corrected chi connectivity index (χ1v) is 8.19. The molecule has 1 aromatic rings. The Kier molecular flexibility index (Phi) is 6.85. The van der Waals surface area contributed by atoms with E-state index >= 15 is 0 Å². The van der Waals surface area contributed by atoms with Crippen molar-refractivity contribution in [1.29, 1.82) is 0 Å². The summed E-state index contributed by atoms with van der Waals surface area (Å²) in [5.41, 5.74) is 0. The Balaban J connectivity index is 2.38. The van der Waals surface area contributed by atoms with Crippen LogP contribution in [0.1, 0.15) is 6.42 Å². The van der Waals surface area contributed by atoms with E-state index in [1.807, 2.05) is 0 Å². The van der Waals surface area contributed by atoms with Crippen LogP contribution in [0.25, 0.3) is 0 Å². The van der Waals surface area contributed by atoms with Gasteiger partial charge in [-0.2, -0.15) is 0 Å². The smallest absolute Gasteiger partial charge is 0.178 e. The molecule has 6 heteroatoms. The Morgan fingerprint density at radius 3 is 2.50 bits per heavy atom. The summed E-state index contributed by atoms with van der Waals surface area (Å²) >= 11 is 3.28. The predicted molar refractivity (Wildman–Crippen MR) is 75.6 cm³/mol. The third-order valence-corrected chi connectivity index (χ3v) is 4.77. The van der Waals surface area contributed by atoms with E-state index in [4.69, 9.17) is 4.74 Å². The van der Waals surface area contributed by atoms with E-state index in [1.54, 1.807) is 31.4 Å². The minimum atomic E-state index is -3.16. The second-order valence-electron chi connectivity index (χ2n) is 3.87. The summed E-state index contributed by atoms with van der Waals surface area (Å²) in [6, 6.07) is 6.73. The number of benzene rings is 1. The minimum Gasteiger partial charge on any atom is -0.383 e. The average Bonchev–Trinajstić information content (AvgIpc) is 2.34. The summed E-state index contributed by atoms with van der Waals surface area (Å²) in [5.74, 6) is 0.161. The van der Waals surface area contributed by atoms with Crippen molar-refractivity contribution < 1.29 is 13.2 Å². The fourth-order valence-corrected chi connectivity index (χ4v) is 3.02. The first-order valence-electron chi connectivity index (χ1n) is 5.74. The van der Waals surface area contributed by atoms with Crippen LogP contribution in [0.2, 0.25) is 0 Å². The van der Waals surface area contributed by atoms with Crippen LogP contribution >= 0.6 is 15.9 Å². The molecular formula is C12H18BrNO3S. The fraction of sp³-hybridized carbons (Fsp3) is 0.500. The number of rotatable bonds is 8. The molecule has 4 nitrogen and oxygen atoms in total. The molecular weight excluding hydrogens is 318 g/mol. The Morgan fingerprint density at radius 2 is 1.89 bits per heavy atom. The van der Waals surface area contributed by atoms with Gasteiger partial charge in [0.05, 0.1) is 17.3 Å². The fourth-order valence-electron chi connectivity index (χ4n) is 1.45. The number of halogens is 1. The number of methoxy groups -OCH3 is 1. The Labute approximate surface area is 117 Å². The van der Waals surface area contributed by atoms with Crippen molar-refractivity contribution in [3.8, 4) is 0 Å². The van der Waals surface area contributed by atoms with Gasteiger partial charge in [-0.3, -0.25) is 0 Å². The van der Waals surface area contributed by atoms with E-state index < -0.39 is 9.84 Å². The topological polar surface area (TPSA) is 55.4 Å². The van der Waals surface area contributed by atoms with Crippen molar-refractivity contribution in [2.45, 2.75) is 11.3 Å². The predicted octanol–water partition coefficient (Wildman–Crippen LogP) is 1.85. The maximum atomic E-state index is 12.0. The van der Waals surface area contributed by atoms with Crippen molar-refractivity contribution >= 4 is 25.8 Å². The van der Waals surface area contributed by atoms with Crippen LogP contribution in [0, 0.1) is 0 Å². The molecule has 1 rings (SSSR count). The van der Waals surface area contributed by atoms with Gasteiger partial charge in [0.15, 0.2) is 9.84 Å². The van der Waals surface area contributed by atoms with E-state index in [1.165, 1.54) is 0 Å². The molecule has 0 saturated heterocycles. The van der Waals surface area contributed by atoms with Crippen molar-refractivity contribution in [1.82, 2.24) is 5.32 Å². The zero-order valence-electron chi connectivity index (χ0n) is 10.4. The van der Waals surface area contributed by atoms with Gasteiger partial charge in [0.25, 0.3) is 0 Å². The first-order chi connectivity index (χ1) is 8.56. The quantitative estimate of drug-likeness (QED) is 0.736. The minimum absolute atomic E-state index is 0.161. The summed E-state index contributed by atoms with van der Waals surface area (Å²) in [7, 11) is -1.52. The zero-order chi connectivity index (χ0) is 13.4. The molecule has 0 amide bonds. The van der Waals surface area contributed by atoms with Gasteiger partial charge >= 0.3 is 0 Å². The van der Waals surface area contributed by atoms with Gasteiger partial charge in [-0.1, -0.05) is 15.9 Å². The molecule has 0 unspecified atom stereocenters. The van der Waals surface area contributed by atoms with Crippen LogP contribution in [0.15, 0.2) is 33.6 Å². The zero-order valence-corrected chi connectivity index (χ0v) is 12.8. The van der Waals surface area contributed by atoms with E-state index in [0.717, 1.165) is 11.0 Å². The Hall–Kier alpha value is -0.430. The molecule has 1 aromatic carbocycles. The van der Waals surface area contributed by atoms with Gasteiger partial charge < -0.3 is 10.1 Å². The van der Waals surface area contributed by atoms with E-state index in [-0.39, 0.29) is 5.75 Å². The summed E-state index contributed by atoms with van der Waals surface area (Å²) in [6.07, 6.45) is 0.599. The van der Waals surface area contributed by atoms with Crippen molar-refractivity contribution in [2.24, 2.45) is 0 Å². The maximum absolute atomic E-state index is 12.0. The van der Waals surface area contributed by atoms with Crippen molar-refractivity contribution in [3.05, 3.63) is 28.7 Å². The second-order valence-corrected chi connectivity index (χ2v) is 6.89. The molecule has 0 heterocycles. The molecule has 0 spiro atoms. The lowest BCUT2D eigenvalue weighted by Gasteiger charge is -2.06. The Bertz CT molecular complexity index is 445. The molecule has 1 N–H and O–H groups in total. The summed E-state index contributed by atoms with van der Waals surface area (Å²) in [4.78, 5) is 0.377. The molecule has 0 atom stereocenters. The van der Waals surface area contributed by atoms with Crippen LogP contribution in [0.3, 0.4) is 0 Å². The third kappa shape index (κ3) is 5.48. The van der Waals surface area contributed by atoms with Crippen LogP contribution in [-0.4, -0.2) is 41.0 Å². The molecule has 0 aromatic heterocycles. The van der Waals surface area contributed by atoms with Gasteiger partial charge in [0, 0.05) is 18.1 Å². The third-order valence-electron chi connectivity index (χ3n) is 2.42. The molecule has 18 heavy (non-hydrogen) atoms. The van der Waals surface area contributed by atoms with Crippen LogP contribution < -0.4 is 5.32 Å². The molecule has 102 valence electrons. The largest absolute Gasteiger partial charge is 0.383 e. The van der Waals surface area contributed by atoms with Crippen molar-refractivity contribution in [2.75, 3.05) is 32.6 Å². The second kappa shape index (κ2) is 7.89. The van der Waals surface area contributed by atoms with Crippen molar-refractivity contribution in [3.63, 3.8) is 0 Å². The summed E-state index contributed by atoms with van der Waals surface area (Å²) in [5, 5.41) is 3.12. The number of hydrogen-bond acceptors (Lipinski definition) is 4. The lowest BCUT2D eigenvalue weighted by atomic mass is 10.4. The summed E-state index contributed by atoms with van der Waals surface area (Å²) < 4.78 is 29.7. The molecule has 0 aliphatic carbocycles. The normalized spacial score (nSPS) is 11.7. The maximum Gasteiger partial charge on any atom is 0.178 e. The van der Waals surface area contributed by atoms with Gasteiger partial charge in [0.1, 0.15) is 0 Å².